The predicted octanol–water partition coefficient (Wildman–Crippen LogP) is 2.51. The maximum atomic E-state index is 13.5. The van der Waals surface area contributed by atoms with E-state index in [1.54, 1.807) is 23.6 Å². The van der Waals surface area contributed by atoms with Crippen molar-refractivity contribution in [3.8, 4) is 17.7 Å². The Morgan fingerprint density at radius 1 is 1.32 bits per heavy atom. The van der Waals surface area contributed by atoms with E-state index in [-0.39, 0.29) is 46.4 Å². The van der Waals surface area contributed by atoms with E-state index in [4.69, 9.17) is 25.6 Å². The van der Waals surface area contributed by atoms with E-state index in [0.717, 1.165) is 12.8 Å². The van der Waals surface area contributed by atoms with Crippen LogP contribution in [0.4, 0.5) is 0 Å². The first-order valence-electron chi connectivity index (χ1n) is 9.55. The Bertz CT molecular complexity index is 1430. The monoisotopic (exact) mass is 440 g/mol. The number of imidazole rings is 1. The molecule has 11 heteroatoms. The van der Waals surface area contributed by atoms with Crippen molar-refractivity contribution in [2.24, 2.45) is 0 Å². The quantitative estimate of drug-likeness (QED) is 0.448. The number of aromatic nitrogens is 5. The van der Waals surface area contributed by atoms with Crippen molar-refractivity contribution in [3.05, 3.63) is 45.2 Å². The van der Waals surface area contributed by atoms with Crippen molar-refractivity contribution in [2.45, 2.75) is 25.0 Å². The normalized spacial score (nSPS) is 14.9. The van der Waals surface area contributed by atoms with Gasteiger partial charge in [0.25, 0.3) is 11.4 Å². The lowest BCUT2D eigenvalue weighted by atomic mass is 10.1. The minimum absolute atomic E-state index is 0.130. The van der Waals surface area contributed by atoms with Gasteiger partial charge in [-0.05, 0) is 25.0 Å². The summed E-state index contributed by atoms with van der Waals surface area (Å²) in [5, 5.41) is 14.0. The van der Waals surface area contributed by atoms with Crippen molar-refractivity contribution in [1.82, 2.24) is 24.1 Å². The molecule has 1 aliphatic carbocycles. The van der Waals surface area contributed by atoms with Crippen molar-refractivity contribution >= 4 is 28.2 Å². The molecule has 0 bridgehead atoms. The summed E-state index contributed by atoms with van der Waals surface area (Å²) in [7, 11) is 3.14. The van der Waals surface area contributed by atoms with Gasteiger partial charge in [0, 0.05) is 20.8 Å². The molecule has 5 rings (SSSR count). The highest BCUT2D eigenvalue weighted by molar-refractivity contribution is 6.32. The fraction of sp³-hybridized carbons (Fsp3) is 0.350. The summed E-state index contributed by atoms with van der Waals surface area (Å²) >= 11 is 6.24. The molecule has 0 saturated heterocycles. The number of ether oxygens (including phenoxy) is 2. The molecule has 1 aromatic carbocycles. The number of methoxy groups -OCH3 is 2. The molecule has 1 fully saturated rings. The Morgan fingerprint density at radius 3 is 2.81 bits per heavy atom. The van der Waals surface area contributed by atoms with Crippen molar-refractivity contribution in [1.29, 1.82) is 5.26 Å². The van der Waals surface area contributed by atoms with E-state index in [1.807, 2.05) is 0 Å². The molecule has 1 aliphatic rings. The summed E-state index contributed by atoms with van der Waals surface area (Å²) < 4.78 is 19.2. The number of benzene rings is 1. The Morgan fingerprint density at radius 2 is 2.13 bits per heavy atom. The van der Waals surface area contributed by atoms with Gasteiger partial charge in [0.1, 0.15) is 23.5 Å². The smallest absolute Gasteiger partial charge is 0.279 e. The molecule has 0 spiro atoms. The zero-order valence-electron chi connectivity index (χ0n) is 16.8. The van der Waals surface area contributed by atoms with Crippen molar-refractivity contribution in [2.75, 3.05) is 20.8 Å². The number of halogens is 1. The van der Waals surface area contributed by atoms with Crippen LogP contribution in [0.3, 0.4) is 0 Å². The molecule has 4 aromatic rings. The third-order valence-electron chi connectivity index (χ3n) is 5.61. The largest absolute Gasteiger partial charge is 0.383 e. The average Bonchev–Trinajstić information content (AvgIpc) is 3.20. The fourth-order valence-corrected chi connectivity index (χ4v) is 3.98. The zero-order chi connectivity index (χ0) is 21.8. The zero-order valence-corrected chi connectivity index (χ0v) is 17.5. The second-order valence-electron chi connectivity index (χ2n) is 7.28. The van der Waals surface area contributed by atoms with E-state index in [2.05, 4.69) is 21.2 Å². The summed E-state index contributed by atoms with van der Waals surface area (Å²) in [5.41, 5.74) is 0.839. The van der Waals surface area contributed by atoms with Gasteiger partial charge in [0.15, 0.2) is 5.69 Å². The SMILES string of the molecule is COCCn1c(=O)c2c(-c3nc(C4(OC)CC4)no3)ncn2c2ccc(Cl)c(C#N)c21. The van der Waals surface area contributed by atoms with E-state index in [9.17, 15) is 10.1 Å². The second-order valence-corrected chi connectivity index (χ2v) is 7.69. The van der Waals surface area contributed by atoms with Crippen LogP contribution in [0.2, 0.25) is 5.02 Å². The number of rotatable bonds is 6. The molecule has 0 amide bonds. The molecule has 0 atom stereocenters. The van der Waals surface area contributed by atoms with Gasteiger partial charge < -0.3 is 18.6 Å². The van der Waals surface area contributed by atoms with Crippen molar-refractivity contribution in [3.63, 3.8) is 0 Å². The highest BCUT2D eigenvalue weighted by Crippen LogP contribution is 2.47. The summed E-state index contributed by atoms with van der Waals surface area (Å²) in [5.74, 6) is 0.565. The molecule has 3 aromatic heterocycles. The molecule has 10 nitrogen and oxygen atoms in total. The Balaban J connectivity index is 1.80. The molecule has 31 heavy (non-hydrogen) atoms. The molecular formula is C20H17ClN6O4. The molecular weight excluding hydrogens is 424 g/mol. The number of nitrogens with zero attached hydrogens (tertiary/aromatic N) is 6. The van der Waals surface area contributed by atoms with Gasteiger partial charge in [0.2, 0.25) is 5.82 Å². The summed E-state index contributed by atoms with van der Waals surface area (Å²) in [6.07, 6.45) is 3.11. The van der Waals surface area contributed by atoms with Crippen LogP contribution in [0.5, 0.6) is 0 Å². The van der Waals surface area contributed by atoms with Gasteiger partial charge in [-0.2, -0.15) is 10.2 Å². The molecule has 1 saturated carbocycles. The maximum absolute atomic E-state index is 13.5. The Labute approximate surface area is 180 Å². The minimum atomic E-state index is -0.527. The Hall–Kier alpha value is -3.26. The topological polar surface area (TPSA) is 120 Å². The van der Waals surface area contributed by atoms with Crippen LogP contribution < -0.4 is 5.56 Å². The fourth-order valence-electron chi connectivity index (χ4n) is 3.78. The number of hydrogen-bond donors (Lipinski definition) is 0. The first-order chi connectivity index (χ1) is 15.0. The highest BCUT2D eigenvalue weighted by atomic mass is 35.5. The van der Waals surface area contributed by atoms with Gasteiger partial charge in [-0.25, -0.2) is 4.98 Å². The maximum Gasteiger partial charge on any atom is 0.279 e. The molecule has 0 N–H and O–H groups in total. The van der Waals surface area contributed by atoms with E-state index >= 15 is 0 Å². The first-order valence-corrected chi connectivity index (χ1v) is 9.93. The van der Waals surface area contributed by atoms with E-state index in [0.29, 0.717) is 16.9 Å². The van der Waals surface area contributed by atoms with Crippen LogP contribution in [-0.2, 0) is 21.6 Å². The van der Waals surface area contributed by atoms with Crippen LogP contribution >= 0.6 is 11.6 Å². The highest BCUT2D eigenvalue weighted by Gasteiger charge is 2.49. The summed E-state index contributed by atoms with van der Waals surface area (Å²) in [6.45, 7) is 0.497. The van der Waals surface area contributed by atoms with E-state index in [1.165, 1.54) is 18.0 Å². The first kappa shape index (κ1) is 19.7. The lowest BCUT2D eigenvalue weighted by molar-refractivity contribution is 0.0689. The lowest BCUT2D eigenvalue weighted by Gasteiger charge is -2.14. The van der Waals surface area contributed by atoms with Crippen LogP contribution in [0.15, 0.2) is 27.8 Å². The Kier molecular flexibility index (Phi) is 4.55. The molecule has 0 aliphatic heterocycles. The van der Waals surface area contributed by atoms with Gasteiger partial charge in [-0.3, -0.25) is 9.20 Å². The third-order valence-corrected chi connectivity index (χ3v) is 5.93. The van der Waals surface area contributed by atoms with Crippen LogP contribution in [0, 0.1) is 11.3 Å². The van der Waals surface area contributed by atoms with Crippen LogP contribution in [0.1, 0.15) is 24.2 Å². The standard InChI is InChI=1S/C20H17ClN6O4/c1-29-8-7-26-15-11(9-22)12(21)3-4-13(15)27-10-23-14(16(27)18(26)28)17-24-19(25-31-17)20(30-2)5-6-20/h3-4,10H,5-8H2,1-2H3. The summed E-state index contributed by atoms with van der Waals surface area (Å²) in [6, 6.07) is 5.45. The molecule has 158 valence electrons. The predicted molar refractivity (Wildman–Crippen MR) is 110 cm³/mol. The third kappa shape index (κ3) is 2.85. The van der Waals surface area contributed by atoms with Gasteiger partial charge >= 0.3 is 0 Å². The van der Waals surface area contributed by atoms with Gasteiger partial charge in [-0.1, -0.05) is 16.8 Å². The number of fused-ring (bicyclic) bond motifs is 3. The van der Waals surface area contributed by atoms with Crippen LogP contribution in [-0.4, -0.2) is 44.9 Å². The van der Waals surface area contributed by atoms with Gasteiger partial charge in [0.05, 0.1) is 28.2 Å². The lowest BCUT2D eigenvalue weighted by Crippen LogP contribution is -2.25. The van der Waals surface area contributed by atoms with E-state index < -0.39 is 5.60 Å². The van der Waals surface area contributed by atoms with Crippen LogP contribution in [0.25, 0.3) is 28.1 Å². The number of hydrogen-bond acceptors (Lipinski definition) is 8. The average molecular weight is 441 g/mol. The van der Waals surface area contributed by atoms with Gasteiger partial charge in [-0.15, -0.1) is 0 Å². The second kappa shape index (κ2) is 7.16. The molecule has 0 unspecified atom stereocenters. The summed E-state index contributed by atoms with van der Waals surface area (Å²) in [4.78, 5) is 22.4. The molecule has 3 heterocycles. The van der Waals surface area contributed by atoms with Crippen molar-refractivity contribution < 1.29 is 14.0 Å². The number of nitriles is 1. The minimum Gasteiger partial charge on any atom is -0.383 e. The molecule has 0 radical (unpaired) electrons.